The van der Waals surface area contributed by atoms with E-state index >= 15 is 0 Å². The number of aromatic nitrogens is 2. The van der Waals surface area contributed by atoms with Crippen LogP contribution in [0, 0.1) is 0 Å². The second-order valence-corrected chi connectivity index (χ2v) is 3.88. The summed E-state index contributed by atoms with van der Waals surface area (Å²) in [5.41, 5.74) is -0.176. The summed E-state index contributed by atoms with van der Waals surface area (Å²) in [5.74, 6) is -0.214. The average Bonchev–Trinajstić information content (AvgIpc) is 2.70. The highest BCUT2D eigenvalue weighted by molar-refractivity contribution is 7.16. The SMILES string of the molecule is CNC(=O)Cn1cnc2sccc2c1=O. The molecule has 0 aliphatic carbocycles. The van der Waals surface area contributed by atoms with Crippen molar-refractivity contribution in [3.05, 3.63) is 28.1 Å². The molecular formula is C9H9N3O2S. The summed E-state index contributed by atoms with van der Waals surface area (Å²) >= 11 is 1.41. The summed E-state index contributed by atoms with van der Waals surface area (Å²) in [4.78, 5) is 27.7. The maximum Gasteiger partial charge on any atom is 0.262 e. The van der Waals surface area contributed by atoms with Gasteiger partial charge in [-0.05, 0) is 11.4 Å². The number of fused-ring (bicyclic) bond motifs is 1. The molecule has 2 aromatic heterocycles. The summed E-state index contributed by atoms with van der Waals surface area (Å²) in [6.07, 6.45) is 1.40. The van der Waals surface area contributed by atoms with Gasteiger partial charge in [-0.3, -0.25) is 14.2 Å². The summed E-state index contributed by atoms with van der Waals surface area (Å²) in [6, 6.07) is 1.72. The molecule has 0 aliphatic heterocycles. The molecule has 15 heavy (non-hydrogen) atoms. The lowest BCUT2D eigenvalue weighted by molar-refractivity contribution is -0.121. The predicted molar refractivity (Wildman–Crippen MR) is 57.9 cm³/mol. The zero-order valence-corrected chi connectivity index (χ0v) is 8.87. The third kappa shape index (κ3) is 1.75. The van der Waals surface area contributed by atoms with Crippen molar-refractivity contribution in [3.8, 4) is 0 Å². The lowest BCUT2D eigenvalue weighted by atomic mass is 10.4. The van der Waals surface area contributed by atoms with Gasteiger partial charge in [-0.15, -0.1) is 11.3 Å². The van der Waals surface area contributed by atoms with Gasteiger partial charge >= 0.3 is 0 Å². The van der Waals surface area contributed by atoms with Crippen LogP contribution in [-0.2, 0) is 11.3 Å². The van der Waals surface area contributed by atoms with Gasteiger partial charge < -0.3 is 5.32 Å². The Hall–Kier alpha value is -1.69. The van der Waals surface area contributed by atoms with Crippen molar-refractivity contribution in [2.45, 2.75) is 6.54 Å². The Labute approximate surface area is 89.4 Å². The normalized spacial score (nSPS) is 10.5. The number of rotatable bonds is 2. The highest BCUT2D eigenvalue weighted by atomic mass is 32.1. The standard InChI is InChI=1S/C9H9N3O2S/c1-10-7(13)4-12-5-11-8-6(9(12)14)2-3-15-8/h2-3,5H,4H2,1H3,(H,10,13). The van der Waals surface area contributed by atoms with Crippen LogP contribution >= 0.6 is 11.3 Å². The molecule has 78 valence electrons. The third-order valence-corrected chi connectivity index (χ3v) is 2.86. The smallest absolute Gasteiger partial charge is 0.262 e. The number of likely N-dealkylation sites (N-methyl/N-ethyl adjacent to an activating group) is 1. The van der Waals surface area contributed by atoms with Gasteiger partial charge in [0.2, 0.25) is 5.91 Å². The first-order valence-electron chi connectivity index (χ1n) is 4.35. The van der Waals surface area contributed by atoms with Crippen LogP contribution in [0.2, 0.25) is 0 Å². The molecule has 0 aromatic carbocycles. The molecule has 6 heteroatoms. The van der Waals surface area contributed by atoms with Gasteiger partial charge in [0.25, 0.3) is 5.56 Å². The topological polar surface area (TPSA) is 64.0 Å². The van der Waals surface area contributed by atoms with Crippen molar-refractivity contribution in [2.24, 2.45) is 0 Å². The molecule has 5 nitrogen and oxygen atoms in total. The predicted octanol–water partition coefficient (Wildman–Crippen LogP) is 0.204. The van der Waals surface area contributed by atoms with Crippen molar-refractivity contribution in [1.29, 1.82) is 0 Å². The molecule has 1 N–H and O–H groups in total. The van der Waals surface area contributed by atoms with Crippen LogP contribution in [0.3, 0.4) is 0 Å². The van der Waals surface area contributed by atoms with Crippen molar-refractivity contribution < 1.29 is 4.79 Å². The lowest BCUT2D eigenvalue weighted by Gasteiger charge is -2.03. The van der Waals surface area contributed by atoms with Crippen molar-refractivity contribution in [3.63, 3.8) is 0 Å². The van der Waals surface area contributed by atoms with E-state index in [0.29, 0.717) is 10.2 Å². The lowest BCUT2D eigenvalue weighted by Crippen LogP contribution is -2.30. The Morgan fingerprint density at radius 3 is 3.20 bits per heavy atom. The molecule has 2 heterocycles. The van der Waals surface area contributed by atoms with E-state index in [0.717, 1.165) is 0 Å². The Kier molecular flexibility index (Phi) is 2.51. The minimum Gasteiger partial charge on any atom is -0.358 e. The van der Waals surface area contributed by atoms with Gasteiger partial charge in [-0.2, -0.15) is 0 Å². The number of hydrogen-bond acceptors (Lipinski definition) is 4. The van der Waals surface area contributed by atoms with E-state index in [1.54, 1.807) is 6.07 Å². The van der Waals surface area contributed by atoms with Crippen molar-refractivity contribution in [1.82, 2.24) is 14.9 Å². The first-order chi connectivity index (χ1) is 7.22. The molecule has 0 fully saturated rings. The monoisotopic (exact) mass is 223 g/mol. The zero-order valence-electron chi connectivity index (χ0n) is 8.06. The first-order valence-corrected chi connectivity index (χ1v) is 5.23. The van der Waals surface area contributed by atoms with Gasteiger partial charge in [-0.1, -0.05) is 0 Å². The highest BCUT2D eigenvalue weighted by Crippen LogP contribution is 2.12. The van der Waals surface area contributed by atoms with Gasteiger partial charge in [-0.25, -0.2) is 4.98 Å². The fourth-order valence-electron chi connectivity index (χ4n) is 1.24. The Balaban J connectivity index is 2.48. The van der Waals surface area contributed by atoms with Crippen LogP contribution in [0.5, 0.6) is 0 Å². The molecule has 0 spiro atoms. The van der Waals surface area contributed by atoms with Crippen LogP contribution in [0.4, 0.5) is 0 Å². The number of amides is 1. The average molecular weight is 223 g/mol. The van der Waals surface area contributed by atoms with E-state index in [1.165, 1.54) is 29.3 Å². The summed E-state index contributed by atoms with van der Waals surface area (Å²) < 4.78 is 1.30. The van der Waals surface area contributed by atoms with Gasteiger partial charge in [0.15, 0.2) is 0 Å². The molecule has 0 atom stereocenters. The minimum absolute atomic E-state index is 0.00806. The molecule has 0 saturated carbocycles. The van der Waals surface area contributed by atoms with E-state index in [-0.39, 0.29) is 18.0 Å². The van der Waals surface area contributed by atoms with E-state index in [2.05, 4.69) is 10.3 Å². The largest absolute Gasteiger partial charge is 0.358 e. The second kappa shape index (κ2) is 3.82. The zero-order chi connectivity index (χ0) is 10.8. The van der Waals surface area contributed by atoms with Crippen LogP contribution in [0.15, 0.2) is 22.6 Å². The van der Waals surface area contributed by atoms with E-state index < -0.39 is 0 Å². The Bertz CT molecular complexity index is 558. The van der Waals surface area contributed by atoms with Crippen LogP contribution in [0.1, 0.15) is 0 Å². The fourth-order valence-corrected chi connectivity index (χ4v) is 1.96. The number of carbonyl (C=O) groups is 1. The minimum atomic E-state index is -0.214. The molecule has 0 saturated heterocycles. The summed E-state index contributed by atoms with van der Waals surface area (Å²) in [5, 5.41) is 4.83. The maximum absolute atomic E-state index is 11.8. The Morgan fingerprint density at radius 1 is 1.67 bits per heavy atom. The number of nitrogens with zero attached hydrogens (tertiary/aromatic N) is 2. The van der Waals surface area contributed by atoms with E-state index in [9.17, 15) is 9.59 Å². The molecule has 2 aromatic rings. The maximum atomic E-state index is 11.8. The number of hydrogen-bond donors (Lipinski definition) is 1. The molecule has 2 rings (SSSR count). The number of thiophene rings is 1. The van der Waals surface area contributed by atoms with Gasteiger partial charge in [0.05, 0.1) is 11.7 Å². The quantitative estimate of drug-likeness (QED) is 0.791. The molecule has 0 unspecified atom stereocenters. The number of carbonyl (C=O) groups excluding carboxylic acids is 1. The molecule has 0 bridgehead atoms. The van der Waals surface area contributed by atoms with E-state index in [1.807, 2.05) is 5.38 Å². The summed E-state index contributed by atoms with van der Waals surface area (Å²) in [6.45, 7) is 0.00806. The second-order valence-electron chi connectivity index (χ2n) is 2.99. The highest BCUT2D eigenvalue weighted by Gasteiger charge is 2.07. The first kappa shape index (κ1) is 9.85. The van der Waals surface area contributed by atoms with Crippen molar-refractivity contribution >= 4 is 27.5 Å². The van der Waals surface area contributed by atoms with Crippen LogP contribution in [-0.4, -0.2) is 22.5 Å². The Morgan fingerprint density at radius 2 is 2.47 bits per heavy atom. The van der Waals surface area contributed by atoms with Gasteiger partial charge in [0.1, 0.15) is 11.4 Å². The van der Waals surface area contributed by atoms with Gasteiger partial charge in [0, 0.05) is 7.05 Å². The van der Waals surface area contributed by atoms with E-state index in [4.69, 9.17) is 0 Å². The molecule has 0 aliphatic rings. The fraction of sp³-hybridized carbons (Fsp3) is 0.222. The third-order valence-electron chi connectivity index (χ3n) is 2.04. The van der Waals surface area contributed by atoms with Crippen molar-refractivity contribution in [2.75, 3.05) is 7.05 Å². The summed E-state index contributed by atoms with van der Waals surface area (Å²) in [7, 11) is 1.53. The molecule has 1 amide bonds. The number of nitrogens with one attached hydrogen (secondary N) is 1. The molecular weight excluding hydrogens is 214 g/mol. The molecule has 0 radical (unpaired) electrons. The van der Waals surface area contributed by atoms with Crippen LogP contribution < -0.4 is 10.9 Å². The van der Waals surface area contributed by atoms with Crippen LogP contribution in [0.25, 0.3) is 10.2 Å².